The molecular formula is C11H7Br2N5. The van der Waals surface area contributed by atoms with Gasteiger partial charge in [0.25, 0.3) is 0 Å². The minimum absolute atomic E-state index is 0.640. The average molecular weight is 369 g/mol. The molecule has 0 atom stereocenters. The zero-order valence-electron chi connectivity index (χ0n) is 8.98. The predicted molar refractivity (Wildman–Crippen MR) is 76.8 cm³/mol. The highest BCUT2D eigenvalue weighted by molar-refractivity contribution is 9.11. The van der Waals surface area contributed by atoms with Crippen molar-refractivity contribution in [3.05, 3.63) is 39.8 Å². The number of nitrogens with one attached hydrogen (secondary N) is 2. The third kappa shape index (κ3) is 2.11. The first-order valence-electron chi connectivity index (χ1n) is 5.10. The third-order valence-electron chi connectivity index (χ3n) is 2.41. The maximum absolute atomic E-state index is 4.21. The summed E-state index contributed by atoms with van der Waals surface area (Å²) in [6, 6.07) is 5.88. The van der Waals surface area contributed by atoms with Crippen LogP contribution < -0.4 is 5.32 Å². The molecule has 0 aliphatic heterocycles. The van der Waals surface area contributed by atoms with Gasteiger partial charge < -0.3 is 10.3 Å². The molecule has 0 bridgehead atoms. The molecule has 0 aliphatic rings. The van der Waals surface area contributed by atoms with E-state index in [1.54, 1.807) is 6.33 Å². The van der Waals surface area contributed by atoms with Crippen LogP contribution in [0.3, 0.4) is 0 Å². The molecule has 7 heteroatoms. The number of anilines is 2. The number of rotatable bonds is 2. The van der Waals surface area contributed by atoms with Gasteiger partial charge in [0.15, 0.2) is 11.5 Å². The standard InChI is InChI=1S/C11H7Br2N5/c12-6-1-2-8(7(13)3-6)18-11-9-10(15-4-14-9)16-5-17-11/h1-5H,(H2,14,15,16,17,18). The topological polar surface area (TPSA) is 66.5 Å². The van der Waals surface area contributed by atoms with E-state index in [1.807, 2.05) is 18.2 Å². The number of aromatic amines is 1. The Morgan fingerprint density at radius 3 is 2.83 bits per heavy atom. The fraction of sp³-hybridized carbons (Fsp3) is 0. The fourth-order valence-corrected chi connectivity index (χ4v) is 2.72. The molecule has 0 spiro atoms. The van der Waals surface area contributed by atoms with Crippen molar-refractivity contribution in [2.45, 2.75) is 0 Å². The van der Waals surface area contributed by atoms with Crippen molar-refractivity contribution < 1.29 is 0 Å². The molecule has 5 nitrogen and oxygen atoms in total. The van der Waals surface area contributed by atoms with Gasteiger partial charge in [-0.2, -0.15) is 0 Å². The molecule has 18 heavy (non-hydrogen) atoms. The second kappa shape index (κ2) is 4.66. The van der Waals surface area contributed by atoms with E-state index in [0.717, 1.165) is 20.1 Å². The molecule has 2 aromatic heterocycles. The van der Waals surface area contributed by atoms with Gasteiger partial charge in [0.2, 0.25) is 0 Å². The van der Waals surface area contributed by atoms with Crippen LogP contribution in [-0.4, -0.2) is 19.9 Å². The summed E-state index contributed by atoms with van der Waals surface area (Å²) in [5.41, 5.74) is 2.35. The summed E-state index contributed by atoms with van der Waals surface area (Å²) in [4.78, 5) is 15.4. The average Bonchev–Trinajstić information content (AvgIpc) is 2.82. The van der Waals surface area contributed by atoms with Gasteiger partial charge in [0.1, 0.15) is 11.8 Å². The molecule has 2 N–H and O–H groups in total. The second-order valence-corrected chi connectivity index (χ2v) is 5.34. The van der Waals surface area contributed by atoms with Gasteiger partial charge in [0.05, 0.1) is 12.0 Å². The predicted octanol–water partition coefficient (Wildman–Crippen LogP) is 3.62. The van der Waals surface area contributed by atoms with Crippen molar-refractivity contribution in [2.24, 2.45) is 0 Å². The summed E-state index contributed by atoms with van der Waals surface area (Å²) in [5.74, 6) is 0.695. The van der Waals surface area contributed by atoms with Gasteiger partial charge in [-0.1, -0.05) is 15.9 Å². The maximum Gasteiger partial charge on any atom is 0.182 e. The van der Waals surface area contributed by atoms with E-state index in [4.69, 9.17) is 0 Å². The van der Waals surface area contributed by atoms with Crippen LogP contribution >= 0.6 is 31.9 Å². The Morgan fingerprint density at radius 1 is 1.11 bits per heavy atom. The van der Waals surface area contributed by atoms with E-state index in [2.05, 4.69) is 57.1 Å². The fourth-order valence-electron chi connectivity index (χ4n) is 1.58. The smallest absolute Gasteiger partial charge is 0.182 e. The maximum atomic E-state index is 4.21. The highest BCUT2D eigenvalue weighted by Gasteiger charge is 2.07. The number of aromatic nitrogens is 4. The van der Waals surface area contributed by atoms with E-state index in [1.165, 1.54) is 6.33 Å². The van der Waals surface area contributed by atoms with Crippen molar-refractivity contribution in [3.63, 3.8) is 0 Å². The van der Waals surface area contributed by atoms with Crippen LogP contribution in [0.4, 0.5) is 11.5 Å². The highest BCUT2D eigenvalue weighted by Crippen LogP contribution is 2.29. The zero-order valence-corrected chi connectivity index (χ0v) is 12.2. The molecular weight excluding hydrogens is 362 g/mol. The summed E-state index contributed by atoms with van der Waals surface area (Å²) < 4.78 is 1.96. The van der Waals surface area contributed by atoms with E-state index in [-0.39, 0.29) is 0 Å². The summed E-state index contributed by atoms with van der Waals surface area (Å²) in [6.07, 6.45) is 3.08. The monoisotopic (exact) mass is 367 g/mol. The molecule has 0 radical (unpaired) electrons. The van der Waals surface area contributed by atoms with Gasteiger partial charge in [-0.25, -0.2) is 15.0 Å². The van der Waals surface area contributed by atoms with E-state index >= 15 is 0 Å². The van der Waals surface area contributed by atoms with Crippen molar-refractivity contribution in [1.29, 1.82) is 0 Å². The zero-order chi connectivity index (χ0) is 12.5. The van der Waals surface area contributed by atoms with Gasteiger partial charge >= 0.3 is 0 Å². The quantitative estimate of drug-likeness (QED) is 0.724. The molecule has 0 fully saturated rings. The van der Waals surface area contributed by atoms with Gasteiger partial charge in [-0.15, -0.1) is 0 Å². The molecule has 2 heterocycles. The molecule has 0 saturated carbocycles. The van der Waals surface area contributed by atoms with Crippen LogP contribution in [0, 0.1) is 0 Å². The van der Waals surface area contributed by atoms with Gasteiger partial charge in [-0.3, -0.25) is 0 Å². The molecule has 0 unspecified atom stereocenters. The second-order valence-electron chi connectivity index (χ2n) is 3.57. The minimum Gasteiger partial charge on any atom is -0.340 e. The molecule has 3 aromatic rings. The molecule has 90 valence electrons. The Labute approximate surface area is 119 Å². The van der Waals surface area contributed by atoms with Crippen molar-refractivity contribution >= 4 is 54.5 Å². The first kappa shape index (κ1) is 11.6. The Hall–Kier alpha value is -1.47. The first-order chi connectivity index (χ1) is 8.74. The van der Waals surface area contributed by atoms with Crippen LogP contribution in [0.25, 0.3) is 11.2 Å². The van der Waals surface area contributed by atoms with E-state index in [9.17, 15) is 0 Å². The van der Waals surface area contributed by atoms with Crippen molar-refractivity contribution in [3.8, 4) is 0 Å². The van der Waals surface area contributed by atoms with Crippen LogP contribution in [0.15, 0.2) is 39.8 Å². The van der Waals surface area contributed by atoms with Crippen LogP contribution in [0.5, 0.6) is 0 Å². The Morgan fingerprint density at radius 2 is 2.00 bits per heavy atom. The molecule has 0 aliphatic carbocycles. The third-order valence-corrected chi connectivity index (χ3v) is 3.56. The number of halogens is 2. The summed E-state index contributed by atoms with van der Waals surface area (Å²) in [6.45, 7) is 0. The Kier molecular flexibility index (Phi) is 3.00. The molecule has 3 rings (SSSR count). The molecule has 0 saturated heterocycles. The lowest BCUT2D eigenvalue weighted by molar-refractivity contribution is 1.20. The highest BCUT2D eigenvalue weighted by atomic mass is 79.9. The lowest BCUT2D eigenvalue weighted by Gasteiger charge is -2.08. The molecule has 1 aromatic carbocycles. The normalized spacial score (nSPS) is 10.8. The summed E-state index contributed by atoms with van der Waals surface area (Å²) in [5, 5.41) is 3.24. The van der Waals surface area contributed by atoms with E-state index < -0.39 is 0 Å². The van der Waals surface area contributed by atoms with Crippen LogP contribution in [0.1, 0.15) is 0 Å². The SMILES string of the molecule is Brc1ccc(Nc2ncnc3nc[nH]c23)c(Br)c1. The minimum atomic E-state index is 0.640. The van der Waals surface area contributed by atoms with Crippen LogP contribution in [0.2, 0.25) is 0 Å². The summed E-state index contributed by atoms with van der Waals surface area (Å²) in [7, 11) is 0. The van der Waals surface area contributed by atoms with Crippen molar-refractivity contribution in [1.82, 2.24) is 19.9 Å². The van der Waals surface area contributed by atoms with Crippen LogP contribution in [-0.2, 0) is 0 Å². The first-order valence-corrected chi connectivity index (χ1v) is 6.69. The number of hydrogen-bond acceptors (Lipinski definition) is 4. The van der Waals surface area contributed by atoms with Gasteiger partial charge in [-0.05, 0) is 34.1 Å². The number of nitrogens with zero attached hydrogens (tertiary/aromatic N) is 3. The number of fused-ring (bicyclic) bond motifs is 1. The number of imidazole rings is 1. The van der Waals surface area contributed by atoms with Crippen molar-refractivity contribution in [2.75, 3.05) is 5.32 Å². The Balaban J connectivity index is 2.03. The number of H-pyrrole nitrogens is 1. The largest absolute Gasteiger partial charge is 0.340 e. The van der Waals surface area contributed by atoms with Gasteiger partial charge in [0, 0.05) is 8.95 Å². The van der Waals surface area contributed by atoms with E-state index in [0.29, 0.717) is 11.5 Å². The lowest BCUT2D eigenvalue weighted by Crippen LogP contribution is -1.96. The number of benzene rings is 1. The summed E-state index contributed by atoms with van der Waals surface area (Å²) >= 11 is 6.91. The number of hydrogen-bond donors (Lipinski definition) is 2. The molecule has 0 amide bonds. The Bertz CT molecular complexity index is 709. The lowest BCUT2D eigenvalue weighted by atomic mass is 10.3.